The monoisotopic (exact) mass is 309 g/mol. The van der Waals surface area contributed by atoms with Gasteiger partial charge in [0.15, 0.2) is 0 Å². The Hall–Kier alpha value is -2.29. The number of fused-ring (bicyclic) bond motifs is 1. The highest BCUT2D eigenvalue weighted by Crippen LogP contribution is 2.32. The number of aryl methyl sites for hydroxylation is 1. The van der Waals surface area contributed by atoms with E-state index in [1.807, 2.05) is 36.1 Å². The molecule has 120 valence electrons. The van der Waals surface area contributed by atoms with Gasteiger partial charge in [0.1, 0.15) is 5.75 Å². The number of carbonyl (C=O) groups is 1. The van der Waals surface area contributed by atoms with Gasteiger partial charge in [-0.05, 0) is 40.7 Å². The summed E-state index contributed by atoms with van der Waals surface area (Å²) in [5.41, 5.74) is 4.75. The molecule has 2 aromatic carbocycles. The Morgan fingerprint density at radius 3 is 2.30 bits per heavy atom. The Labute approximate surface area is 137 Å². The second-order valence-corrected chi connectivity index (χ2v) is 6.51. The maximum atomic E-state index is 12.9. The van der Waals surface area contributed by atoms with Gasteiger partial charge < -0.3 is 10.0 Å². The van der Waals surface area contributed by atoms with E-state index in [-0.39, 0.29) is 11.7 Å². The normalized spacial score (nSPS) is 13.5. The van der Waals surface area contributed by atoms with E-state index in [4.69, 9.17) is 0 Å². The zero-order chi connectivity index (χ0) is 16.6. The first-order chi connectivity index (χ1) is 11.0. The molecule has 0 unspecified atom stereocenters. The lowest BCUT2D eigenvalue weighted by Crippen LogP contribution is -2.25. The molecule has 1 aliphatic rings. The minimum Gasteiger partial charge on any atom is -0.507 e. The third-order valence-electron chi connectivity index (χ3n) is 4.62. The topological polar surface area (TPSA) is 40.5 Å². The predicted octanol–water partition coefficient (Wildman–Crippen LogP) is 4.23. The average molecular weight is 309 g/mol. The summed E-state index contributed by atoms with van der Waals surface area (Å²) in [6.45, 7) is 7.43. The highest BCUT2D eigenvalue weighted by Gasteiger charge is 2.27. The molecule has 0 radical (unpaired) electrons. The van der Waals surface area contributed by atoms with Crippen molar-refractivity contribution in [3.63, 3.8) is 0 Å². The maximum Gasteiger partial charge on any atom is 0.258 e. The molecular weight excluding hydrogens is 286 g/mol. The highest BCUT2D eigenvalue weighted by atomic mass is 16.3. The summed E-state index contributed by atoms with van der Waals surface area (Å²) in [6.07, 6.45) is 0.715. The smallest absolute Gasteiger partial charge is 0.258 e. The highest BCUT2D eigenvalue weighted by molar-refractivity contribution is 5.97. The van der Waals surface area contributed by atoms with Crippen LogP contribution < -0.4 is 0 Å². The molecule has 3 rings (SSSR count). The van der Waals surface area contributed by atoms with E-state index < -0.39 is 0 Å². The van der Waals surface area contributed by atoms with E-state index >= 15 is 0 Å². The lowest BCUT2D eigenvalue weighted by Gasteiger charge is -2.19. The molecule has 0 spiro atoms. The van der Waals surface area contributed by atoms with Crippen molar-refractivity contribution in [3.8, 4) is 5.75 Å². The average Bonchev–Trinajstić information content (AvgIpc) is 2.98. The van der Waals surface area contributed by atoms with Crippen LogP contribution in [-0.2, 0) is 19.5 Å². The second-order valence-electron chi connectivity index (χ2n) is 6.51. The molecule has 3 heteroatoms. The van der Waals surface area contributed by atoms with Crippen LogP contribution in [0.3, 0.4) is 0 Å². The summed E-state index contributed by atoms with van der Waals surface area (Å²) < 4.78 is 0. The summed E-state index contributed by atoms with van der Waals surface area (Å²) in [5.74, 6) is 0.372. The Kier molecular flexibility index (Phi) is 4.12. The molecule has 1 aliphatic heterocycles. The molecular formula is C20H23NO2. The Balaban J connectivity index is 1.96. The minimum absolute atomic E-state index is 0.0871. The molecule has 2 aromatic rings. The summed E-state index contributed by atoms with van der Waals surface area (Å²) in [4.78, 5) is 14.8. The van der Waals surface area contributed by atoms with Crippen LogP contribution in [0.2, 0.25) is 0 Å². The number of nitrogens with zero attached hydrogens (tertiary/aromatic N) is 1. The largest absolute Gasteiger partial charge is 0.507 e. The number of rotatable bonds is 3. The molecule has 0 atom stereocenters. The summed E-state index contributed by atoms with van der Waals surface area (Å²) >= 11 is 0. The van der Waals surface area contributed by atoms with Gasteiger partial charge in [-0.15, -0.1) is 0 Å². The van der Waals surface area contributed by atoms with Gasteiger partial charge in [0.05, 0.1) is 5.56 Å². The fraction of sp³-hybridized carbons (Fsp3) is 0.350. The molecule has 0 saturated carbocycles. The van der Waals surface area contributed by atoms with E-state index in [1.165, 1.54) is 11.1 Å². The standard InChI is InChI=1S/C20H23NO2/c1-4-14-9-17(13(2)3)10-18(19(14)22)20(23)21-11-15-7-5-6-8-16(15)12-21/h5-10,13,22H,4,11-12H2,1-3H3. The molecule has 0 aliphatic carbocycles. The quantitative estimate of drug-likeness (QED) is 0.921. The maximum absolute atomic E-state index is 12.9. The lowest BCUT2D eigenvalue weighted by atomic mass is 9.95. The van der Waals surface area contributed by atoms with Gasteiger partial charge in [-0.2, -0.15) is 0 Å². The van der Waals surface area contributed by atoms with Crippen molar-refractivity contribution >= 4 is 5.91 Å². The zero-order valence-electron chi connectivity index (χ0n) is 14.0. The first kappa shape index (κ1) is 15.6. The van der Waals surface area contributed by atoms with Crippen molar-refractivity contribution in [3.05, 3.63) is 64.2 Å². The molecule has 23 heavy (non-hydrogen) atoms. The van der Waals surface area contributed by atoms with Crippen LogP contribution in [0.15, 0.2) is 36.4 Å². The van der Waals surface area contributed by atoms with Gasteiger partial charge in [0.25, 0.3) is 5.91 Å². The van der Waals surface area contributed by atoms with Crippen LogP contribution in [0.25, 0.3) is 0 Å². The SMILES string of the molecule is CCc1cc(C(C)C)cc(C(=O)N2Cc3ccccc3C2)c1O. The Morgan fingerprint density at radius 2 is 1.78 bits per heavy atom. The lowest BCUT2D eigenvalue weighted by molar-refractivity contribution is 0.0748. The molecule has 0 fully saturated rings. The molecule has 3 nitrogen and oxygen atoms in total. The van der Waals surface area contributed by atoms with E-state index in [0.29, 0.717) is 31.0 Å². The van der Waals surface area contributed by atoms with E-state index in [1.54, 1.807) is 0 Å². The van der Waals surface area contributed by atoms with Gasteiger partial charge in [-0.1, -0.05) is 51.1 Å². The summed E-state index contributed by atoms with van der Waals surface area (Å²) in [5, 5.41) is 10.5. The van der Waals surface area contributed by atoms with Crippen molar-refractivity contribution in [2.75, 3.05) is 0 Å². The number of benzene rings is 2. The number of phenols is 1. The molecule has 1 amide bonds. The van der Waals surface area contributed by atoms with Crippen molar-refractivity contribution in [1.29, 1.82) is 0 Å². The first-order valence-electron chi connectivity index (χ1n) is 8.23. The van der Waals surface area contributed by atoms with Gasteiger partial charge in [-0.25, -0.2) is 0 Å². The third kappa shape index (κ3) is 2.83. The Morgan fingerprint density at radius 1 is 1.17 bits per heavy atom. The third-order valence-corrected chi connectivity index (χ3v) is 4.62. The number of aromatic hydroxyl groups is 1. The van der Waals surface area contributed by atoms with Crippen molar-refractivity contribution in [2.24, 2.45) is 0 Å². The molecule has 0 bridgehead atoms. The second kappa shape index (κ2) is 6.07. The van der Waals surface area contributed by atoms with Crippen LogP contribution in [0.5, 0.6) is 5.75 Å². The fourth-order valence-electron chi connectivity index (χ4n) is 3.13. The Bertz CT molecular complexity index is 724. The first-order valence-corrected chi connectivity index (χ1v) is 8.23. The fourth-order valence-corrected chi connectivity index (χ4v) is 3.13. The molecule has 1 heterocycles. The van der Waals surface area contributed by atoms with Gasteiger partial charge in [0.2, 0.25) is 0 Å². The van der Waals surface area contributed by atoms with Crippen LogP contribution in [0, 0.1) is 0 Å². The van der Waals surface area contributed by atoms with Crippen LogP contribution in [-0.4, -0.2) is 15.9 Å². The van der Waals surface area contributed by atoms with Crippen LogP contribution in [0.1, 0.15) is 59.3 Å². The zero-order valence-corrected chi connectivity index (χ0v) is 14.0. The molecule has 0 aromatic heterocycles. The van der Waals surface area contributed by atoms with Crippen molar-refractivity contribution < 1.29 is 9.90 Å². The number of hydrogen-bond acceptors (Lipinski definition) is 2. The number of amides is 1. The van der Waals surface area contributed by atoms with Gasteiger partial charge >= 0.3 is 0 Å². The van der Waals surface area contributed by atoms with Gasteiger partial charge in [-0.3, -0.25) is 4.79 Å². The number of carbonyl (C=O) groups excluding carboxylic acids is 1. The van der Waals surface area contributed by atoms with E-state index in [2.05, 4.69) is 26.0 Å². The van der Waals surface area contributed by atoms with Gasteiger partial charge in [0, 0.05) is 13.1 Å². The minimum atomic E-state index is -0.0871. The van der Waals surface area contributed by atoms with E-state index in [9.17, 15) is 9.90 Å². The van der Waals surface area contributed by atoms with E-state index in [0.717, 1.165) is 11.1 Å². The van der Waals surface area contributed by atoms with Crippen molar-refractivity contribution in [2.45, 2.75) is 46.2 Å². The van der Waals surface area contributed by atoms with Crippen LogP contribution in [0.4, 0.5) is 0 Å². The number of phenolic OH excluding ortho intramolecular Hbond substituents is 1. The molecule has 1 N–H and O–H groups in total. The van der Waals surface area contributed by atoms with Crippen molar-refractivity contribution in [1.82, 2.24) is 4.90 Å². The predicted molar refractivity (Wildman–Crippen MR) is 91.6 cm³/mol. The summed E-state index contributed by atoms with van der Waals surface area (Å²) in [6, 6.07) is 12.0. The number of hydrogen-bond donors (Lipinski definition) is 1. The van der Waals surface area contributed by atoms with Crippen LogP contribution >= 0.6 is 0 Å². The summed E-state index contributed by atoms with van der Waals surface area (Å²) in [7, 11) is 0. The molecule has 0 saturated heterocycles.